The first-order valence-corrected chi connectivity index (χ1v) is 8.54. The Morgan fingerprint density at radius 2 is 1.93 bits per heavy atom. The van der Waals surface area contributed by atoms with Crippen LogP contribution in [-0.2, 0) is 23.8 Å². The number of ether oxygens (including phenoxy) is 3. The van der Waals surface area contributed by atoms with Gasteiger partial charge in [-0.3, -0.25) is 9.69 Å². The fourth-order valence-electron chi connectivity index (χ4n) is 2.96. The normalized spacial score (nSPS) is 25.3. The highest BCUT2D eigenvalue weighted by atomic mass is 19.4. The lowest BCUT2D eigenvalue weighted by molar-refractivity contribution is -0.192. The van der Waals surface area contributed by atoms with Crippen LogP contribution in [0.1, 0.15) is 12.8 Å². The molecule has 1 amide bonds. The Hall–Kier alpha value is -1.43. The van der Waals surface area contributed by atoms with Gasteiger partial charge < -0.3 is 24.2 Å². The highest BCUT2D eigenvalue weighted by molar-refractivity contribution is 5.76. The Balaban J connectivity index is 0.000000445. The summed E-state index contributed by atoms with van der Waals surface area (Å²) in [4.78, 5) is 24.5. The first kappa shape index (κ1) is 23.6. The van der Waals surface area contributed by atoms with E-state index in [4.69, 9.17) is 24.1 Å². The minimum absolute atomic E-state index is 0.000462. The number of hydrogen-bond acceptors (Lipinski definition) is 6. The number of amides is 1. The van der Waals surface area contributed by atoms with E-state index in [-0.39, 0.29) is 24.7 Å². The summed E-state index contributed by atoms with van der Waals surface area (Å²) in [6, 6.07) is 0.401. The molecule has 0 bridgehead atoms. The summed E-state index contributed by atoms with van der Waals surface area (Å²) in [6.07, 6.45) is -2.93. The van der Waals surface area contributed by atoms with Crippen molar-refractivity contribution in [2.24, 2.45) is 0 Å². The Bertz CT molecular complexity index is 489. The van der Waals surface area contributed by atoms with Crippen molar-refractivity contribution in [1.82, 2.24) is 9.80 Å². The van der Waals surface area contributed by atoms with E-state index in [9.17, 15) is 18.0 Å². The van der Waals surface area contributed by atoms with Crippen molar-refractivity contribution in [2.75, 3.05) is 54.1 Å². The van der Waals surface area contributed by atoms with Crippen LogP contribution in [0.15, 0.2) is 0 Å². The summed E-state index contributed by atoms with van der Waals surface area (Å²) in [5.74, 6) is -2.76. The fourth-order valence-corrected chi connectivity index (χ4v) is 2.96. The van der Waals surface area contributed by atoms with E-state index in [1.807, 2.05) is 0 Å². The standard InChI is InChI=1S/C14H26N2O4.C2HF3O2/c1-15(2)13(17)10-20-12-5-4-11-14(12)19-9-7-16(11)6-8-18-3;3-2(4,5)1(6)7/h11-12,14H,4-10H2,1-3H3;(H,6,7)/t11-,12+,14+;/m0./s1. The maximum absolute atomic E-state index is 11.6. The monoisotopic (exact) mass is 400 g/mol. The smallest absolute Gasteiger partial charge is 0.475 e. The molecule has 1 aliphatic heterocycles. The van der Waals surface area contributed by atoms with Gasteiger partial charge in [0.1, 0.15) is 6.61 Å². The molecule has 8 nitrogen and oxygen atoms in total. The number of morpholine rings is 1. The summed E-state index contributed by atoms with van der Waals surface area (Å²) in [5.41, 5.74) is 0. The zero-order chi connectivity index (χ0) is 20.6. The number of carbonyl (C=O) groups excluding carboxylic acids is 1. The van der Waals surface area contributed by atoms with E-state index >= 15 is 0 Å². The number of likely N-dealkylation sites (N-methyl/N-ethyl adjacent to an activating group) is 1. The minimum Gasteiger partial charge on any atom is -0.475 e. The number of carbonyl (C=O) groups is 2. The molecule has 0 radical (unpaired) electrons. The quantitative estimate of drug-likeness (QED) is 0.699. The molecule has 1 N–H and O–H groups in total. The Morgan fingerprint density at radius 3 is 2.44 bits per heavy atom. The van der Waals surface area contributed by atoms with Crippen LogP contribution in [0.5, 0.6) is 0 Å². The summed E-state index contributed by atoms with van der Waals surface area (Å²) in [5, 5.41) is 7.12. The van der Waals surface area contributed by atoms with Gasteiger partial charge >= 0.3 is 12.1 Å². The molecule has 0 aromatic heterocycles. The van der Waals surface area contributed by atoms with Gasteiger partial charge in [-0.15, -0.1) is 0 Å². The van der Waals surface area contributed by atoms with E-state index in [1.54, 1.807) is 26.1 Å². The summed E-state index contributed by atoms with van der Waals surface area (Å²) >= 11 is 0. The van der Waals surface area contributed by atoms with Gasteiger partial charge in [0, 0.05) is 40.3 Å². The van der Waals surface area contributed by atoms with Crippen LogP contribution in [0.2, 0.25) is 0 Å². The predicted octanol–water partition coefficient (Wildman–Crippen LogP) is 0.603. The second-order valence-corrected chi connectivity index (χ2v) is 6.45. The van der Waals surface area contributed by atoms with Crippen molar-refractivity contribution < 1.29 is 42.1 Å². The van der Waals surface area contributed by atoms with Crippen molar-refractivity contribution in [3.8, 4) is 0 Å². The van der Waals surface area contributed by atoms with E-state index in [0.29, 0.717) is 6.04 Å². The molecule has 2 aliphatic rings. The average Bonchev–Trinajstić information content (AvgIpc) is 3.01. The molecule has 0 spiro atoms. The number of aliphatic carboxylic acids is 1. The van der Waals surface area contributed by atoms with Crippen LogP contribution in [0.25, 0.3) is 0 Å². The minimum atomic E-state index is -5.08. The molecule has 2 fully saturated rings. The predicted molar refractivity (Wildman–Crippen MR) is 88.3 cm³/mol. The summed E-state index contributed by atoms with van der Waals surface area (Å²) in [6.45, 7) is 3.50. The van der Waals surface area contributed by atoms with Crippen molar-refractivity contribution in [3.63, 3.8) is 0 Å². The lowest BCUT2D eigenvalue weighted by atomic mass is 10.1. The second-order valence-electron chi connectivity index (χ2n) is 6.45. The SMILES string of the molecule is COCCN1CCO[C@H]2[C@H](OCC(=O)N(C)C)CC[C@@H]21.O=C(O)C(F)(F)F. The van der Waals surface area contributed by atoms with E-state index in [2.05, 4.69) is 4.90 Å². The lowest BCUT2D eigenvalue weighted by Gasteiger charge is -2.38. The third-order valence-corrected chi connectivity index (χ3v) is 4.40. The highest BCUT2D eigenvalue weighted by Crippen LogP contribution is 2.31. The number of fused-ring (bicyclic) bond motifs is 1. The Kier molecular flexibility index (Phi) is 9.43. The molecule has 11 heteroatoms. The van der Waals surface area contributed by atoms with Crippen LogP contribution in [0.4, 0.5) is 13.2 Å². The van der Waals surface area contributed by atoms with Crippen LogP contribution < -0.4 is 0 Å². The number of hydrogen-bond donors (Lipinski definition) is 1. The van der Waals surface area contributed by atoms with Gasteiger partial charge in [-0.1, -0.05) is 0 Å². The number of halogens is 3. The molecule has 1 saturated carbocycles. The Labute approximate surface area is 156 Å². The molecule has 2 rings (SSSR count). The molecule has 1 saturated heterocycles. The highest BCUT2D eigenvalue weighted by Gasteiger charge is 2.43. The van der Waals surface area contributed by atoms with Crippen molar-refractivity contribution in [3.05, 3.63) is 0 Å². The van der Waals surface area contributed by atoms with Gasteiger partial charge in [-0.25, -0.2) is 4.79 Å². The van der Waals surface area contributed by atoms with E-state index in [0.717, 1.165) is 39.1 Å². The maximum Gasteiger partial charge on any atom is 0.490 e. The number of methoxy groups -OCH3 is 1. The van der Waals surface area contributed by atoms with Gasteiger partial charge in [-0.2, -0.15) is 13.2 Å². The van der Waals surface area contributed by atoms with Crippen LogP contribution in [0, 0.1) is 0 Å². The molecule has 158 valence electrons. The summed E-state index contributed by atoms with van der Waals surface area (Å²) < 4.78 is 48.6. The average molecular weight is 400 g/mol. The second kappa shape index (κ2) is 10.8. The van der Waals surface area contributed by atoms with Gasteiger partial charge in [0.05, 0.1) is 25.4 Å². The van der Waals surface area contributed by atoms with Crippen LogP contribution in [-0.4, -0.2) is 105 Å². The van der Waals surface area contributed by atoms with Crippen molar-refractivity contribution in [2.45, 2.75) is 37.3 Å². The number of carboxylic acids is 1. The molecule has 0 aromatic carbocycles. The first-order valence-electron chi connectivity index (χ1n) is 8.54. The molecular formula is C16H27F3N2O6. The number of carboxylic acid groups (broad SMARTS) is 1. The first-order chi connectivity index (χ1) is 12.6. The third kappa shape index (κ3) is 7.60. The zero-order valence-corrected chi connectivity index (χ0v) is 15.7. The molecule has 27 heavy (non-hydrogen) atoms. The molecular weight excluding hydrogens is 373 g/mol. The molecule has 1 aliphatic carbocycles. The summed E-state index contributed by atoms with van der Waals surface area (Å²) in [7, 11) is 5.21. The molecule has 0 aromatic rings. The number of rotatable bonds is 6. The maximum atomic E-state index is 11.6. The van der Waals surface area contributed by atoms with Crippen LogP contribution in [0.3, 0.4) is 0 Å². The van der Waals surface area contributed by atoms with Gasteiger partial charge in [0.2, 0.25) is 5.91 Å². The van der Waals surface area contributed by atoms with Gasteiger partial charge in [0.25, 0.3) is 0 Å². The number of nitrogens with zero attached hydrogens (tertiary/aromatic N) is 2. The molecule has 1 heterocycles. The zero-order valence-electron chi connectivity index (χ0n) is 15.7. The van der Waals surface area contributed by atoms with E-state index < -0.39 is 12.1 Å². The topological polar surface area (TPSA) is 88.5 Å². The largest absolute Gasteiger partial charge is 0.490 e. The third-order valence-electron chi connectivity index (χ3n) is 4.40. The van der Waals surface area contributed by atoms with Gasteiger partial charge in [0.15, 0.2) is 0 Å². The van der Waals surface area contributed by atoms with Crippen molar-refractivity contribution >= 4 is 11.9 Å². The van der Waals surface area contributed by atoms with Crippen LogP contribution >= 0.6 is 0 Å². The lowest BCUT2D eigenvalue weighted by Crippen LogP contribution is -2.52. The Morgan fingerprint density at radius 1 is 1.30 bits per heavy atom. The fraction of sp³-hybridized carbons (Fsp3) is 0.875. The van der Waals surface area contributed by atoms with Gasteiger partial charge in [-0.05, 0) is 12.8 Å². The van der Waals surface area contributed by atoms with E-state index in [1.165, 1.54) is 0 Å². The molecule has 3 atom stereocenters. The van der Waals surface area contributed by atoms with Crippen molar-refractivity contribution in [1.29, 1.82) is 0 Å². The molecule has 0 unspecified atom stereocenters. The number of alkyl halides is 3.